The number of halogens is 3. The molecule has 0 unspecified atom stereocenters. The third kappa shape index (κ3) is 29.8. The minimum Gasteiger partial charge on any atom is -0.489 e. The normalized spacial score (nSPS) is 20.3. The van der Waals surface area contributed by atoms with Crippen molar-refractivity contribution in [3.05, 3.63) is 167 Å². The molecule has 0 amide bonds. The molecule has 34 nitrogen and oxygen atoms in total. The number of piperazine rings is 4. The van der Waals surface area contributed by atoms with E-state index in [9.17, 15) is 34.2 Å². The van der Waals surface area contributed by atoms with Crippen molar-refractivity contribution in [2.45, 2.75) is 149 Å². The first-order valence-electron chi connectivity index (χ1n) is 49.6. The highest BCUT2D eigenvalue weighted by Crippen LogP contribution is 2.48. The van der Waals surface area contributed by atoms with Crippen molar-refractivity contribution in [1.82, 2.24) is 59.6 Å². The zero-order chi connectivity index (χ0) is 99.8. The predicted molar refractivity (Wildman–Crippen MR) is 608 cm³/mol. The number of nitro groups is 2. The number of para-hydroxylation sites is 2. The van der Waals surface area contributed by atoms with Crippen LogP contribution in [0.2, 0.25) is 15.3 Å². The number of hydrogen-bond donors (Lipinski definition) is 6. The van der Waals surface area contributed by atoms with Crippen molar-refractivity contribution >= 4 is 194 Å². The average molecular weight is 2160 g/mol. The molecule has 20 rings (SSSR count). The smallest absolute Gasteiger partial charge is 0.273 e. The van der Waals surface area contributed by atoms with Crippen molar-refractivity contribution in [1.29, 1.82) is 0 Å². The number of nitro benzene ring substituents is 2. The second-order valence-electron chi connectivity index (χ2n) is 38.7. The van der Waals surface area contributed by atoms with Gasteiger partial charge < -0.3 is 99.4 Å². The van der Waals surface area contributed by atoms with Crippen molar-refractivity contribution in [2.24, 2.45) is 0 Å². The number of nitrogens with zero attached hydrogens (tertiary/aromatic N) is 17. The van der Waals surface area contributed by atoms with Gasteiger partial charge in [-0.3, -0.25) is 39.7 Å². The lowest BCUT2D eigenvalue weighted by Crippen LogP contribution is -2.60. The van der Waals surface area contributed by atoms with E-state index in [-0.39, 0.29) is 80.5 Å². The highest BCUT2D eigenvalue weighted by atomic mass is 35.5. The molecule has 43 heteroatoms. The Bertz CT molecular complexity index is 5710. The second-order valence-corrected chi connectivity index (χ2v) is 46.2. The van der Waals surface area contributed by atoms with E-state index in [1.54, 1.807) is 51.1 Å². The van der Waals surface area contributed by atoms with Crippen LogP contribution in [0.1, 0.15) is 101 Å². The number of aromatic nitrogens is 4. The van der Waals surface area contributed by atoms with E-state index >= 15 is 0 Å². The summed E-state index contributed by atoms with van der Waals surface area (Å²) in [6.07, 6.45) is 12.2. The predicted octanol–water partition coefficient (Wildman–Crippen LogP) is 15.3. The third-order valence-electron chi connectivity index (χ3n) is 28.9. The molecule has 792 valence electrons. The molecule has 8 saturated heterocycles. The van der Waals surface area contributed by atoms with E-state index in [0.29, 0.717) is 107 Å². The van der Waals surface area contributed by atoms with Crippen molar-refractivity contribution in [2.75, 3.05) is 259 Å². The molecule has 144 heavy (non-hydrogen) atoms. The molecule has 0 aliphatic carbocycles. The van der Waals surface area contributed by atoms with Gasteiger partial charge in [0.2, 0.25) is 11.2 Å². The van der Waals surface area contributed by atoms with Crippen LogP contribution in [0.3, 0.4) is 0 Å². The summed E-state index contributed by atoms with van der Waals surface area (Å²) in [6.45, 7) is 52.9. The van der Waals surface area contributed by atoms with Gasteiger partial charge in [0.15, 0.2) is 11.6 Å². The number of piperidine rings is 4. The van der Waals surface area contributed by atoms with E-state index in [1.807, 2.05) is 74.5 Å². The summed E-state index contributed by atoms with van der Waals surface area (Å²) in [4.78, 5) is 76.6. The minimum absolute atomic E-state index is 0. The monoisotopic (exact) mass is 2160 g/mol. The molecule has 0 spiro atoms. The van der Waals surface area contributed by atoms with Crippen LogP contribution in [-0.2, 0) is 13.9 Å². The molecule has 0 saturated carbocycles. The fourth-order valence-electron chi connectivity index (χ4n) is 21.4. The van der Waals surface area contributed by atoms with Gasteiger partial charge in [-0.1, -0.05) is 75.2 Å². The number of ketones is 1. The van der Waals surface area contributed by atoms with Crippen LogP contribution in [0.5, 0.6) is 23.0 Å². The molecule has 0 bridgehead atoms. The highest BCUT2D eigenvalue weighted by Gasteiger charge is 2.43. The lowest BCUT2D eigenvalue weighted by atomic mass is 9.99. The highest BCUT2D eigenvalue weighted by molar-refractivity contribution is 7.70. The number of aliphatic hydroxyl groups is 1. The molecule has 7 N–H and O–H groups in total. The number of aryl methyl sites for hydroxylation is 4. The number of ether oxygens (including phenoxy) is 4. The fourth-order valence-corrected chi connectivity index (χ4v) is 24.1. The zero-order valence-corrected chi connectivity index (χ0v) is 93.6. The molecule has 8 aromatic rings. The number of carbonyl (C=O) groups is 1. The van der Waals surface area contributed by atoms with Gasteiger partial charge in [0.05, 0.1) is 92.7 Å². The maximum atomic E-state index is 12.8. The maximum absolute atomic E-state index is 12.8. The first-order valence-corrected chi connectivity index (χ1v) is 55.9. The van der Waals surface area contributed by atoms with E-state index < -0.39 is 14.3 Å². The number of nitrogens with one attached hydrogen (secondary N) is 4. The molecular weight excluding hydrogens is 2010 g/mol. The van der Waals surface area contributed by atoms with Gasteiger partial charge in [0.25, 0.3) is 11.4 Å². The Morgan fingerprint density at radius 2 is 0.806 bits per heavy atom. The molecule has 0 radical (unpaired) electrons. The van der Waals surface area contributed by atoms with Gasteiger partial charge in [-0.25, -0.2) is 9.97 Å². The molecule has 2 aromatic heterocycles. The topological polar surface area (TPSA) is 356 Å². The number of nitrogens with two attached hydrogens (primary N) is 1. The van der Waals surface area contributed by atoms with Gasteiger partial charge in [-0.2, -0.15) is 64.0 Å². The van der Waals surface area contributed by atoms with Crippen molar-refractivity contribution in [3.63, 3.8) is 0 Å². The number of nitrogen functional groups attached to an aromatic ring is 1. The number of rotatable bonds is 17. The van der Waals surface area contributed by atoms with Crippen LogP contribution in [0.25, 0.3) is 0 Å². The van der Waals surface area contributed by atoms with E-state index in [1.165, 1.54) is 114 Å². The zero-order valence-electron chi connectivity index (χ0n) is 85.5. The lowest BCUT2D eigenvalue weighted by molar-refractivity contribution is -0.385. The van der Waals surface area contributed by atoms with E-state index in [2.05, 4.69) is 149 Å². The number of non-ortho nitro benzene ring substituents is 2. The summed E-state index contributed by atoms with van der Waals surface area (Å²) in [5, 5.41) is 44.3. The quantitative estimate of drug-likeness (QED) is 0.0162. The van der Waals surface area contributed by atoms with Crippen molar-refractivity contribution < 1.29 is 47.8 Å². The summed E-state index contributed by atoms with van der Waals surface area (Å²) in [7, 11) is -3.91. The number of Topliss-reactive ketones (excluding diaryl/α,β-unsaturated/α-hetero) is 1. The van der Waals surface area contributed by atoms with Crippen LogP contribution in [0, 0.1) is 47.9 Å². The number of benzene rings is 6. The minimum atomic E-state index is -2.50. The number of hydrogen-bond acceptors (Lipinski definition) is 32. The average Bonchev–Trinajstić information content (AvgIpc) is 0.767. The molecule has 12 aliphatic rings. The van der Waals surface area contributed by atoms with Gasteiger partial charge >= 0.3 is 0 Å². The van der Waals surface area contributed by atoms with Gasteiger partial charge in [-0.05, 0) is 229 Å². The van der Waals surface area contributed by atoms with Gasteiger partial charge in [0, 0.05) is 176 Å². The summed E-state index contributed by atoms with van der Waals surface area (Å²) >= 11 is 18.2. The van der Waals surface area contributed by atoms with Crippen LogP contribution < -0.4 is 76.2 Å². The Hall–Kier alpha value is -8.08. The Kier molecular flexibility index (Phi) is 44.5. The Morgan fingerprint density at radius 1 is 0.451 bits per heavy atom. The molecule has 12 aliphatic heterocycles. The Labute approximate surface area is 892 Å². The third-order valence-corrected chi connectivity index (χ3v) is 32.7. The van der Waals surface area contributed by atoms with Gasteiger partial charge in [0.1, 0.15) is 79.5 Å². The molecule has 14 heterocycles. The lowest BCUT2D eigenvalue weighted by Gasteiger charge is -2.49. The largest absolute Gasteiger partial charge is 0.489 e. The first kappa shape index (κ1) is 118. The number of anilines is 11. The summed E-state index contributed by atoms with van der Waals surface area (Å²) in [6, 6.07) is 33.1. The SMILES string of the molecule is CCN1CCC(=O)CC1.CCN1CCC(N2CCN3c4c(C)cc(N)cc4OC[C@@H]3C2)CC1.CCN1CCC(N2CCN3c4c(C)cc(Nc5ncc(Cl)c(Nc6ccccc6P(C)(C)=O)n5)cc4OC[C@@H]3C2)CC1.CCN1CCC(N2CCN3c4c(C)cc([N+](=O)[O-])cc4OC[C@@H]3C2)CC1.CO.CP(C)(=O)c1ccccc1Nc1nc(Cl)ncc1Cl.Cc1cc([N+](=O)[O-])cc2c1N1CCNC[C@H]1CO2.S.S.S.S. The van der Waals surface area contributed by atoms with Crippen LogP contribution in [0.15, 0.2) is 109 Å². The molecule has 4 atom stereocenters. The summed E-state index contributed by atoms with van der Waals surface area (Å²) in [5.74, 6) is 4.84. The number of likely N-dealkylation sites (tertiary alicyclic amines) is 4. The summed E-state index contributed by atoms with van der Waals surface area (Å²) in [5.41, 5.74) is 18.0. The standard InChI is InChI=1S/C31H41ClN7O2P.C19H28N4O3.C19H30N4O.C12H12Cl2N3OP.C12H15N3O3.C7H13NO.CH4O.4H2S/c1-5-37-12-10-23(11-13-37)38-14-15-39-24(19-38)20-41-27-17-22(16-21(2)29(27)39)34-31-33-18-25(32)30(36-31)35-26-8-6-7-9-28(26)42(3,4)40;1-3-20-6-4-15(5-7-20)21-8-9-22-17(12-21)13-26-18-11-16(23(24)25)10-14(2)19(18)22;1-3-21-6-4-16(5-7-21)22-8-9-23-17(12-22)13-24-18-11-15(20)10-14(2)19(18)23;1-19(2,18)10-6-4-3-5-9(10)16-11-8(13)7-15-12(14)17-11;1-8-4-9(15(16)17)5-11-12(8)14-3-2-13-6-10(14)7-18-11;1-2-8-5-3-7(9)4-6-8;1-2;;;;/h6-9,16-18,23-24H,5,10-15,19-20H2,1-4H3,(H2,33,34,35,36);10-11,15,17H,3-9,12-13H2,1-2H3;10-11,16-17H,3-9,12-13,20H2,1-2H3;3-7H,1-2H3,(H,15,16,17);4-5,10,13H,2-3,6-7H2,1H3;2-6H2,1H3;2H,1H3;4*1H2/t24-;2*17-;;10-;;;;;;/m000.0....../s1. The molecular formula is C101H151Cl3N22O12P2S4. The number of fused-ring (bicyclic) bond motifs is 12. The van der Waals surface area contributed by atoms with Crippen LogP contribution in [0.4, 0.5) is 74.5 Å². The second kappa shape index (κ2) is 54.4. The first-order chi connectivity index (χ1) is 67.3. The molecule has 8 fully saturated rings. The van der Waals surface area contributed by atoms with E-state index in [0.717, 1.165) is 211 Å². The Morgan fingerprint density at radius 3 is 1.21 bits per heavy atom. The molecule has 6 aromatic carbocycles. The van der Waals surface area contributed by atoms with Crippen LogP contribution in [-0.4, -0.2) is 335 Å². The Balaban J connectivity index is 0.000000184. The van der Waals surface area contributed by atoms with Gasteiger partial charge in [-0.15, -0.1) is 0 Å². The number of aliphatic hydroxyl groups excluding tert-OH is 1. The van der Waals surface area contributed by atoms with E-state index in [4.69, 9.17) is 64.6 Å². The fraction of sp³-hybridized carbons (Fsp3) is 0.554. The number of carbonyl (C=O) groups excluding carboxylic acids is 1. The maximum Gasteiger partial charge on any atom is 0.273 e. The van der Waals surface area contributed by atoms with Crippen LogP contribution >= 0.6 is 103 Å². The summed E-state index contributed by atoms with van der Waals surface area (Å²) < 4.78 is 49.1. The van der Waals surface area contributed by atoms with Crippen molar-refractivity contribution in [3.8, 4) is 23.0 Å².